The maximum absolute atomic E-state index is 12.3. The first-order valence-corrected chi connectivity index (χ1v) is 7.13. The minimum Gasteiger partial charge on any atom is -0.469 e. The minimum absolute atomic E-state index is 0.0190. The van der Waals surface area contributed by atoms with E-state index in [9.17, 15) is 10.1 Å². The second-order valence-corrected chi connectivity index (χ2v) is 5.21. The van der Waals surface area contributed by atoms with Gasteiger partial charge < -0.3 is 9.32 Å². The summed E-state index contributed by atoms with van der Waals surface area (Å²) < 4.78 is 5.18. The molecule has 1 unspecified atom stereocenters. The van der Waals surface area contributed by atoms with Crippen molar-refractivity contribution in [2.75, 3.05) is 26.2 Å². The van der Waals surface area contributed by atoms with E-state index in [1.54, 1.807) is 6.07 Å². The molecule has 5 heteroatoms. The summed E-state index contributed by atoms with van der Waals surface area (Å²) in [6.07, 6.45) is 3.41. The predicted octanol–water partition coefficient (Wildman–Crippen LogP) is 2.04. The average molecular weight is 275 g/mol. The van der Waals surface area contributed by atoms with Gasteiger partial charge in [-0.25, -0.2) is 0 Å². The van der Waals surface area contributed by atoms with Crippen LogP contribution in [0.15, 0.2) is 16.7 Å². The number of carbonyl (C=O) groups excluding carboxylic acids is 1. The van der Waals surface area contributed by atoms with E-state index >= 15 is 0 Å². The van der Waals surface area contributed by atoms with Crippen molar-refractivity contribution in [3.05, 3.63) is 23.7 Å². The van der Waals surface area contributed by atoms with E-state index < -0.39 is 0 Å². The lowest BCUT2D eigenvalue weighted by atomic mass is 10.1. The standard InChI is InChI=1S/C15H21N3O2/c1-3-4-14(10-16)17-5-7-18(8-6-17)15(19)13-9-12(2)20-11-13/h9,11,14H,3-8H2,1-2H3. The zero-order valence-corrected chi connectivity index (χ0v) is 12.1. The first-order chi connectivity index (χ1) is 9.65. The van der Waals surface area contributed by atoms with Gasteiger partial charge in [-0.15, -0.1) is 0 Å². The van der Waals surface area contributed by atoms with Crippen LogP contribution in [0.25, 0.3) is 0 Å². The van der Waals surface area contributed by atoms with Crippen molar-refractivity contribution >= 4 is 5.91 Å². The number of amides is 1. The van der Waals surface area contributed by atoms with Gasteiger partial charge in [0.1, 0.15) is 12.0 Å². The molecule has 1 amide bonds. The van der Waals surface area contributed by atoms with Gasteiger partial charge in [-0.2, -0.15) is 5.26 Å². The third-order valence-electron chi connectivity index (χ3n) is 3.73. The number of carbonyl (C=O) groups is 1. The normalized spacial score (nSPS) is 17.8. The van der Waals surface area contributed by atoms with E-state index in [4.69, 9.17) is 4.42 Å². The zero-order chi connectivity index (χ0) is 14.5. The Hall–Kier alpha value is -1.80. The molecule has 1 aromatic rings. The molecule has 0 aliphatic carbocycles. The highest BCUT2D eigenvalue weighted by Crippen LogP contribution is 2.14. The summed E-state index contributed by atoms with van der Waals surface area (Å²) in [6, 6.07) is 4.11. The Labute approximate surface area is 119 Å². The predicted molar refractivity (Wildman–Crippen MR) is 75.2 cm³/mol. The highest BCUT2D eigenvalue weighted by molar-refractivity contribution is 5.94. The molecular formula is C15H21N3O2. The number of rotatable bonds is 4. The van der Waals surface area contributed by atoms with Gasteiger partial charge in [0.05, 0.1) is 17.7 Å². The smallest absolute Gasteiger partial charge is 0.257 e. The Morgan fingerprint density at radius 3 is 2.65 bits per heavy atom. The SMILES string of the molecule is CCCC(C#N)N1CCN(C(=O)c2coc(C)c2)CC1. The van der Waals surface area contributed by atoms with E-state index in [-0.39, 0.29) is 11.9 Å². The number of piperazine rings is 1. The van der Waals surface area contributed by atoms with Crippen LogP contribution in [0.2, 0.25) is 0 Å². The molecule has 0 aromatic carbocycles. The van der Waals surface area contributed by atoms with Crippen molar-refractivity contribution in [1.82, 2.24) is 9.80 Å². The van der Waals surface area contributed by atoms with Gasteiger partial charge in [-0.05, 0) is 19.4 Å². The molecule has 1 atom stereocenters. The van der Waals surface area contributed by atoms with Gasteiger partial charge in [-0.1, -0.05) is 13.3 Å². The Morgan fingerprint density at radius 1 is 1.45 bits per heavy atom. The third-order valence-corrected chi connectivity index (χ3v) is 3.73. The maximum atomic E-state index is 12.3. The van der Waals surface area contributed by atoms with E-state index in [0.29, 0.717) is 18.7 Å². The fraction of sp³-hybridized carbons (Fsp3) is 0.600. The minimum atomic E-state index is -0.0200. The summed E-state index contributed by atoms with van der Waals surface area (Å²) in [4.78, 5) is 16.3. The lowest BCUT2D eigenvalue weighted by Gasteiger charge is -2.36. The molecule has 2 heterocycles. The average Bonchev–Trinajstić information content (AvgIpc) is 2.91. The van der Waals surface area contributed by atoms with Crippen molar-refractivity contribution in [2.24, 2.45) is 0 Å². The summed E-state index contributed by atoms with van der Waals surface area (Å²) in [5.74, 6) is 0.768. The van der Waals surface area contributed by atoms with Crippen LogP contribution in [-0.2, 0) is 0 Å². The van der Waals surface area contributed by atoms with Gasteiger partial charge in [0.15, 0.2) is 0 Å². The molecule has 5 nitrogen and oxygen atoms in total. The lowest BCUT2D eigenvalue weighted by Crippen LogP contribution is -2.51. The van der Waals surface area contributed by atoms with Gasteiger partial charge in [-0.3, -0.25) is 9.69 Å². The number of furan rings is 1. The van der Waals surface area contributed by atoms with E-state index in [2.05, 4.69) is 17.9 Å². The largest absolute Gasteiger partial charge is 0.469 e. The Bertz CT molecular complexity index is 495. The Morgan fingerprint density at radius 2 is 2.15 bits per heavy atom. The second kappa shape index (κ2) is 6.58. The molecule has 1 fully saturated rings. The van der Waals surface area contributed by atoms with Crippen LogP contribution in [-0.4, -0.2) is 47.9 Å². The molecule has 0 spiro atoms. The first-order valence-electron chi connectivity index (χ1n) is 7.13. The molecule has 2 rings (SSSR count). The fourth-order valence-corrected chi connectivity index (χ4v) is 2.58. The van der Waals surface area contributed by atoms with Crippen LogP contribution in [0.4, 0.5) is 0 Å². The molecule has 20 heavy (non-hydrogen) atoms. The van der Waals surface area contributed by atoms with Gasteiger partial charge in [0.25, 0.3) is 5.91 Å². The topological polar surface area (TPSA) is 60.5 Å². The van der Waals surface area contributed by atoms with Crippen LogP contribution in [0.1, 0.15) is 35.9 Å². The first kappa shape index (κ1) is 14.6. The Kier molecular flexibility index (Phi) is 4.80. The van der Waals surface area contributed by atoms with Gasteiger partial charge >= 0.3 is 0 Å². The molecule has 108 valence electrons. The van der Waals surface area contributed by atoms with Crippen molar-refractivity contribution in [1.29, 1.82) is 5.26 Å². The van der Waals surface area contributed by atoms with E-state index in [1.807, 2.05) is 11.8 Å². The second-order valence-electron chi connectivity index (χ2n) is 5.21. The molecule has 1 aliphatic rings. The van der Waals surface area contributed by atoms with Crippen LogP contribution < -0.4 is 0 Å². The number of nitriles is 1. The van der Waals surface area contributed by atoms with E-state index in [1.165, 1.54) is 6.26 Å². The summed E-state index contributed by atoms with van der Waals surface area (Å²) in [6.45, 7) is 6.79. The monoisotopic (exact) mass is 275 g/mol. The van der Waals surface area contributed by atoms with Crippen molar-refractivity contribution in [3.63, 3.8) is 0 Å². The third kappa shape index (κ3) is 3.20. The number of hydrogen-bond acceptors (Lipinski definition) is 4. The lowest BCUT2D eigenvalue weighted by molar-refractivity contribution is 0.0600. The Balaban J connectivity index is 1.91. The van der Waals surface area contributed by atoms with Gasteiger partial charge in [0, 0.05) is 26.2 Å². The molecule has 1 saturated heterocycles. The van der Waals surface area contributed by atoms with Crippen LogP contribution in [0.5, 0.6) is 0 Å². The molecule has 0 bridgehead atoms. The summed E-state index contributed by atoms with van der Waals surface area (Å²) in [7, 11) is 0. The number of aryl methyl sites for hydroxylation is 1. The van der Waals surface area contributed by atoms with Crippen LogP contribution in [0.3, 0.4) is 0 Å². The molecule has 0 N–H and O–H groups in total. The van der Waals surface area contributed by atoms with Gasteiger partial charge in [0.2, 0.25) is 0 Å². The quantitative estimate of drug-likeness (QED) is 0.843. The molecule has 1 aliphatic heterocycles. The van der Waals surface area contributed by atoms with Crippen LogP contribution >= 0.6 is 0 Å². The van der Waals surface area contributed by atoms with Crippen molar-refractivity contribution in [2.45, 2.75) is 32.7 Å². The highest BCUT2D eigenvalue weighted by Gasteiger charge is 2.26. The molecule has 1 aromatic heterocycles. The zero-order valence-electron chi connectivity index (χ0n) is 12.1. The van der Waals surface area contributed by atoms with E-state index in [0.717, 1.165) is 31.7 Å². The summed E-state index contributed by atoms with van der Waals surface area (Å²) in [5.41, 5.74) is 0.612. The highest BCUT2D eigenvalue weighted by atomic mass is 16.3. The fourth-order valence-electron chi connectivity index (χ4n) is 2.58. The van der Waals surface area contributed by atoms with Crippen molar-refractivity contribution < 1.29 is 9.21 Å². The summed E-state index contributed by atoms with van der Waals surface area (Å²) >= 11 is 0. The number of nitrogens with zero attached hydrogens (tertiary/aromatic N) is 3. The van der Waals surface area contributed by atoms with Crippen molar-refractivity contribution in [3.8, 4) is 6.07 Å². The maximum Gasteiger partial charge on any atom is 0.257 e. The molecular weight excluding hydrogens is 254 g/mol. The number of hydrogen-bond donors (Lipinski definition) is 0. The molecule has 0 radical (unpaired) electrons. The van der Waals surface area contributed by atoms with Crippen LogP contribution in [0, 0.1) is 18.3 Å². The summed E-state index contributed by atoms with van der Waals surface area (Å²) in [5, 5.41) is 9.18. The molecule has 0 saturated carbocycles.